The molecule has 98 valence electrons. The molecular weight excluding hydrogens is 252 g/mol. The number of pyridine rings is 1. The van der Waals surface area contributed by atoms with Crippen molar-refractivity contribution in [3.05, 3.63) is 66.5 Å². The second kappa shape index (κ2) is 5.01. The fourth-order valence-electron chi connectivity index (χ4n) is 2.06. The Kier molecular flexibility index (Phi) is 3.05. The van der Waals surface area contributed by atoms with Crippen LogP contribution in [0.25, 0.3) is 10.8 Å². The summed E-state index contributed by atoms with van der Waals surface area (Å²) in [6.07, 6.45) is 1.48. The summed E-state index contributed by atoms with van der Waals surface area (Å²) < 4.78 is 0. The van der Waals surface area contributed by atoms with E-state index < -0.39 is 5.97 Å². The third-order valence-corrected chi connectivity index (χ3v) is 3.02. The Morgan fingerprint density at radius 2 is 1.70 bits per heavy atom. The van der Waals surface area contributed by atoms with Crippen molar-refractivity contribution in [2.24, 2.45) is 0 Å². The van der Waals surface area contributed by atoms with E-state index in [2.05, 4.69) is 10.3 Å². The molecule has 0 bridgehead atoms. The van der Waals surface area contributed by atoms with Gasteiger partial charge in [0, 0.05) is 17.6 Å². The lowest BCUT2D eigenvalue weighted by atomic mass is 10.1. The molecule has 0 unspecified atom stereocenters. The molecule has 4 heteroatoms. The molecule has 2 N–H and O–H groups in total. The number of aromatic carboxylic acids is 1. The molecule has 0 aliphatic heterocycles. The zero-order valence-corrected chi connectivity index (χ0v) is 10.6. The van der Waals surface area contributed by atoms with Crippen LogP contribution in [0.5, 0.6) is 0 Å². The molecule has 0 aliphatic carbocycles. The molecule has 1 heterocycles. The smallest absolute Gasteiger partial charge is 0.354 e. The number of aromatic nitrogens is 1. The number of carboxylic acid groups (broad SMARTS) is 1. The number of hydrogen-bond acceptors (Lipinski definition) is 3. The Labute approximate surface area is 115 Å². The van der Waals surface area contributed by atoms with Crippen molar-refractivity contribution in [3.8, 4) is 0 Å². The first-order chi connectivity index (χ1) is 9.72. The Hall–Kier alpha value is -2.88. The minimum Gasteiger partial charge on any atom is -0.477 e. The maximum Gasteiger partial charge on any atom is 0.354 e. The van der Waals surface area contributed by atoms with Crippen molar-refractivity contribution in [1.29, 1.82) is 0 Å². The number of hydrogen-bond donors (Lipinski definition) is 2. The van der Waals surface area contributed by atoms with Gasteiger partial charge in [-0.05, 0) is 35.0 Å². The topological polar surface area (TPSA) is 62.2 Å². The highest BCUT2D eigenvalue weighted by atomic mass is 16.4. The van der Waals surface area contributed by atoms with E-state index in [1.54, 1.807) is 6.07 Å². The third kappa shape index (κ3) is 2.44. The van der Waals surface area contributed by atoms with Crippen molar-refractivity contribution >= 4 is 28.1 Å². The first-order valence-corrected chi connectivity index (χ1v) is 6.17. The largest absolute Gasteiger partial charge is 0.477 e. The van der Waals surface area contributed by atoms with Crippen LogP contribution in [-0.4, -0.2) is 16.1 Å². The molecule has 20 heavy (non-hydrogen) atoms. The molecule has 4 nitrogen and oxygen atoms in total. The molecule has 0 saturated heterocycles. The molecule has 0 atom stereocenters. The minimum absolute atomic E-state index is 0.0239. The molecule has 0 amide bonds. The van der Waals surface area contributed by atoms with E-state index in [1.165, 1.54) is 17.6 Å². The summed E-state index contributed by atoms with van der Waals surface area (Å²) >= 11 is 0. The van der Waals surface area contributed by atoms with Gasteiger partial charge >= 0.3 is 5.97 Å². The van der Waals surface area contributed by atoms with Gasteiger partial charge in [0.25, 0.3) is 0 Å². The van der Waals surface area contributed by atoms with Gasteiger partial charge in [0.15, 0.2) is 0 Å². The number of fused-ring (bicyclic) bond motifs is 1. The minimum atomic E-state index is -1.04. The summed E-state index contributed by atoms with van der Waals surface area (Å²) in [5.74, 6) is -1.04. The normalized spacial score (nSPS) is 10.4. The first-order valence-electron chi connectivity index (χ1n) is 6.17. The third-order valence-electron chi connectivity index (χ3n) is 3.02. The van der Waals surface area contributed by atoms with E-state index in [0.29, 0.717) is 5.69 Å². The van der Waals surface area contributed by atoms with E-state index in [0.717, 1.165) is 11.1 Å². The maximum atomic E-state index is 10.9. The molecular formula is C16H12N2O2. The fraction of sp³-hybridized carbons (Fsp3) is 0. The van der Waals surface area contributed by atoms with Gasteiger partial charge in [-0.2, -0.15) is 0 Å². The average Bonchev–Trinajstić information content (AvgIpc) is 2.47. The number of rotatable bonds is 3. The standard InChI is InChI=1S/C16H12N2O2/c19-16(20)15-10-14(7-8-17-15)18-13-6-5-11-3-1-2-4-12(11)9-13/h1-10H,(H,17,18)(H,19,20). The Morgan fingerprint density at radius 3 is 2.50 bits per heavy atom. The van der Waals surface area contributed by atoms with Gasteiger partial charge in [-0.15, -0.1) is 0 Å². The lowest BCUT2D eigenvalue weighted by molar-refractivity contribution is 0.0690. The monoisotopic (exact) mass is 264 g/mol. The van der Waals surface area contributed by atoms with Gasteiger partial charge in [-0.25, -0.2) is 9.78 Å². The van der Waals surface area contributed by atoms with Crippen LogP contribution in [0.1, 0.15) is 10.5 Å². The van der Waals surface area contributed by atoms with Gasteiger partial charge in [-0.1, -0.05) is 30.3 Å². The summed E-state index contributed by atoms with van der Waals surface area (Å²) in [7, 11) is 0. The summed E-state index contributed by atoms with van der Waals surface area (Å²) in [6, 6.07) is 17.3. The number of carbonyl (C=O) groups is 1. The number of anilines is 2. The van der Waals surface area contributed by atoms with Crippen LogP contribution in [0.2, 0.25) is 0 Å². The van der Waals surface area contributed by atoms with Crippen molar-refractivity contribution in [1.82, 2.24) is 4.98 Å². The number of benzene rings is 2. The number of nitrogens with zero attached hydrogens (tertiary/aromatic N) is 1. The van der Waals surface area contributed by atoms with E-state index in [1.807, 2.05) is 42.5 Å². The SMILES string of the molecule is O=C(O)c1cc(Nc2ccc3ccccc3c2)ccn1. The summed E-state index contributed by atoms with van der Waals surface area (Å²) in [4.78, 5) is 14.7. The first kappa shape index (κ1) is 12.2. The number of nitrogens with one attached hydrogen (secondary N) is 1. The second-order valence-corrected chi connectivity index (χ2v) is 4.42. The van der Waals surface area contributed by atoms with Gasteiger partial charge < -0.3 is 10.4 Å². The maximum absolute atomic E-state index is 10.9. The Bertz CT molecular complexity index is 784. The van der Waals surface area contributed by atoms with Gasteiger partial charge in [0.05, 0.1) is 0 Å². The molecule has 0 saturated carbocycles. The lowest BCUT2D eigenvalue weighted by Gasteiger charge is -2.08. The van der Waals surface area contributed by atoms with Crippen LogP contribution in [0.4, 0.5) is 11.4 Å². The summed E-state index contributed by atoms with van der Waals surface area (Å²) in [5.41, 5.74) is 1.63. The quantitative estimate of drug-likeness (QED) is 0.757. The highest BCUT2D eigenvalue weighted by Gasteiger charge is 2.05. The van der Waals surface area contributed by atoms with Crippen LogP contribution < -0.4 is 5.32 Å². The summed E-state index contributed by atoms with van der Waals surface area (Å²) in [6.45, 7) is 0. The molecule has 1 aromatic heterocycles. The molecule has 0 fully saturated rings. The molecule has 0 aliphatic rings. The van der Waals surface area contributed by atoms with Crippen LogP contribution in [-0.2, 0) is 0 Å². The van der Waals surface area contributed by atoms with Crippen molar-refractivity contribution < 1.29 is 9.90 Å². The highest BCUT2D eigenvalue weighted by Crippen LogP contribution is 2.22. The van der Waals surface area contributed by atoms with Crippen LogP contribution >= 0.6 is 0 Å². The van der Waals surface area contributed by atoms with Crippen LogP contribution in [0, 0.1) is 0 Å². The molecule has 3 rings (SSSR count). The van der Waals surface area contributed by atoms with Crippen molar-refractivity contribution in [2.45, 2.75) is 0 Å². The highest BCUT2D eigenvalue weighted by molar-refractivity contribution is 5.88. The predicted molar refractivity (Wildman–Crippen MR) is 78.4 cm³/mol. The van der Waals surface area contributed by atoms with Crippen molar-refractivity contribution in [2.75, 3.05) is 5.32 Å². The van der Waals surface area contributed by atoms with E-state index >= 15 is 0 Å². The predicted octanol–water partition coefficient (Wildman–Crippen LogP) is 3.68. The van der Waals surface area contributed by atoms with E-state index in [-0.39, 0.29) is 5.69 Å². The lowest BCUT2D eigenvalue weighted by Crippen LogP contribution is -2.01. The van der Waals surface area contributed by atoms with Crippen LogP contribution in [0.3, 0.4) is 0 Å². The summed E-state index contributed by atoms with van der Waals surface area (Å²) in [5, 5.41) is 14.4. The van der Waals surface area contributed by atoms with Gasteiger partial charge in [0.1, 0.15) is 5.69 Å². The van der Waals surface area contributed by atoms with E-state index in [9.17, 15) is 4.79 Å². The molecule has 3 aromatic rings. The van der Waals surface area contributed by atoms with E-state index in [4.69, 9.17) is 5.11 Å². The second-order valence-electron chi connectivity index (χ2n) is 4.42. The molecule has 0 radical (unpaired) electrons. The number of carboxylic acids is 1. The average molecular weight is 264 g/mol. The molecule has 0 spiro atoms. The van der Waals surface area contributed by atoms with Gasteiger partial charge in [0.2, 0.25) is 0 Å². The Morgan fingerprint density at radius 1 is 0.950 bits per heavy atom. The van der Waals surface area contributed by atoms with Gasteiger partial charge in [-0.3, -0.25) is 0 Å². The van der Waals surface area contributed by atoms with Crippen molar-refractivity contribution in [3.63, 3.8) is 0 Å². The van der Waals surface area contributed by atoms with Crippen LogP contribution in [0.15, 0.2) is 60.8 Å². The zero-order chi connectivity index (χ0) is 13.9. The zero-order valence-electron chi connectivity index (χ0n) is 10.6. The fourth-order valence-corrected chi connectivity index (χ4v) is 2.06. The molecule has 2 aromatic carbocycles. The Balaban J connectivity index is 1.92.